The van der Waals surface area contributed by atoms with Gasteiger partial charge in [-0.1, -0.05) is 6.07 Å². The molecule has 3 heterocycles. The molecule has 4 rings (SSSR count). The zero-order valence-electron chi connectivity index (χ0n) is 15.9. The average Bonchev–Trinajstić information content (AvgIpc) is 3.16. The van der Waals surface area contributed by atoms with E-state index in [1.54, 1.807) is 32.4 Å². The second-order valence-electron chi connectivity index (χ2n) is 6.58. The molecule has 0 bridgehead atoms. The fourth-order valence-electron chi connectivity index (χ4n) is 3.21. The molecule has 1 aromatic carbocycles. The SMILES string of the molecule is COc1ccc(C2=NCc3ccc(NC(=O)c4ncc(C#N)cc4C)cc32)cn1. The molecule has 0 saturated heterocycles. The molecule has 7 heteroatoms. The maximum absolute atomic E-state index is 12.6. The Morgan fingerprint density at radius 3 is 2.72 bits per heavy atom. The first-order valence-electron chi connectivity index (χ1n) is 8.95. The van der Waals surface area contributed by atoms with E-state index in [0.717, 1.165) is 22.4 Å². The molecule has 0 fully saturated rings. The van der Waals surface area contributed by atoms with Gasteiger partial charge in [-0.3, -0.25) is 9.79 Å². The Kier molecular flexibility index (Phi) is 4.75. The number of methoxy groups -OCH3 is 1. The Balaban J connectivity index is 1.59. The summed E-state index contributed by atoms with van der Waals surface area (Å²) in [6, 6.07) is 13.1. The van der Waals surface area contributed by atoms with E-state index in [1.165, 1.54) is 6.20 Å². The molecule has 0 unspecified atom stereocenters. The van der Waals surface area contributed by atoms with Crippen LogP contribution in [0.25, 0.3) is 0 Å². The summed E-state index contributed by atoms with van der Waals surface area (Å²) in [7, 11) is 1.57. The summed E-state index contributed by atoms with van der Waals surface area (Å²) in [5.74, 6) is 0.216. The fraction of sp³-hybridized carbons (Fsp3) is 0.136. The number of pyridine rings is 2. The molecule has 1 aliphatic heterocycles. The zero-order chi connectivity index (χ0) is 20.4. The molecule has 0 atom stereocenters. The largest absolute Gasteiger partial charge is 0.481 e. The molecule has 142 valence electrons. The molecule has 0 aliphatic carbocycles. The molecular weight excluding hydrogens is 366 g/mol. The first-order valence-corrected chi connectivity index (χ1v) is 8.95. The molecule has 0 saturated carbocycles. The number of ether oxygens (including phenoxy) is 1. The number of anilines is 1. The van der Waals surface area contributed by atoms with Crippen molar-refractivity contribution in [2.45, 2.75) is 13.5 Å². The minimum absolute atomic E-state index is 0.290. The van der Waals surface area contributed by atoms with E-state index in [1.807, 2.05) is 30.3 Å². The smallest absolute Gasteiger partial charge is 0.274 e. The number of aliphatic imine (C=N–C) groups is 1. The number of hydrogen-bond acceptors (Lipinski definition) is 6. The van der Waals surface area contributed by atoms with Crippen LogP contribution in [0.5, 0.6) is 5.88 Å². The molecule has 3 aromatic rings. The summed E-state index contributed by atoms with van der Waals surface area (Å²) < 4.78 is 5.11. The summed E-state index contributed by atoms with van der Waals surface area (Å²) in [4.78, 5) is 25.6. The quantitative estimate of drug-likeness (QED) is 0.745. The lowest BCUT2D eigenvalue weighted by molar-refractivity contribution is 0.102. The number of carbonyl (C=O) groups is 1. The van der Waals surface area contributed by atoms with Gasteiger partial charge in [-0.25, -0.2) is 9.97 Å². The minimum atomic E-state index is -0.325. The highest BCUT2D eigenvalue weighted by Crippen LogP contribution is 2.26. The summed E-state index contributed by atoms with van der Waals surface area (Å²) in [6.45, 7) is 2.34. The van der Waals surface area contributed by atoms with Gasteiger partial charge in [0, 0.05) is 35.3 Å². The van der Waals surface area contributed by atoms with E-state index >= 15 is 0 Å². The van der Waals surface area contributed by atoms with Crippen molar-refractivity contribution in [3.8, 4) is 11.9 Å². The fourth-order valence-corrected chi connectivity index (χ4v) is 3.21. The van der Waals surface area contributed by atoms with Crippen LogP contribution in [0.15, 0.2) is 53.8 Å². The van der Waals surface area contributed by atoms with E-state index in [0.29, 0.717) is 29.2 Å². The number of aryl methyl sites for hydroxylation is 1. The molecule has 7 nitrogen and oxygen atoms in total. The molecule has 0 spiro atoms. The molecule has 1 amide bonds. The van der Waals surface area contributed by atoms with Gasteiger partial charge < -0.3 is 10.1 Å². The lowest BCUT2D eigenvalue weighted by atomic mass is 10.0. The number of hydrogen-bond donors (Lipinski definition) is 1. The third kappa shape index (κ3) is 3.56. The summed E-state index contributed by atoms with van der Waals surface area (Å²) >= 11 is 0. The van der Waals surface area contributed by atoms with Crippen molar-refractivity contribution in [3.63, 3.8) is 0 Å². The first kappa shape index (κ1) is 18.3. The highest BCUT2D eigenvalue weighted by Gasteiger charge is 2.19. The maximum atomic E-state index is 12.6. The van der Waals surface area contributed by atoms with E-state index in [9.17, 15) is 4.79 Å². The van der Waals surface area contributed by atoms with Crippen molar-refractivity contribution in [2.75, 3.05) is 12.4 Å². The maximum Gasteiger partial charge on any atom is 0.274 e. The van der Waals surface area contributed by atoms with E-state index in [-0.39, 0.29) is 11.6 Å². The van der Waals surface area contributed by atoms with Gasteiger partial charge in [0.25, 0.3) is 5.91 Å². The monoisotopic (exact) mass is 383 g/mol. The lowest BCUT2D eigenvalue weighted by Gasteiger charge is -2.10. The van der Waals surface area contributed by atoms with Crippen molar-refractivity contribution in [2.24, 2.45) is 4.99 Å². The Hall–Kier alpha value is -4.05. The number of carbonyl (C=O) groups excluding carboxylic acids is 1. The van der Waals surface area contributed by atoms with E-state index in [2.05, 4.69) is 20.3 Å². The highest BCUT2D eigenvalue weighted by molar-refractivity contribution is 6.16. The number of rotatable bonds is 4. The van der Waals surface area contributed by atoms with Crippen LogP contribution in [-0.4, -0.2) is 28.7 Å². The van der Waals surface area contributed by atoms with Crippen LogP contribution in [0.3, 0.4) is 0 Å². The standard InChI is InChI=1S/C22H17N5O2/c1-13-7-14(9-23)10-25-20(13)22(28)27-17-5-3-15-11-26-21(18(15)8-17)16-4-6-19(29-2)24-12-16/h3-8,10,12H,11H2,1-2H3,(H,27,28). The van der Waals surface area contributed by atoms with Crippen LogP contribution in [0.4, 0.5) is 5.69 Å². The molecule has 1 N–H and O–H groups in total. The van der Waals surface area contributed by atoms with Gasteiger partial charge in [0.2, 0.25) is 5.88 Å². The number of amides is 1. The van der Waals surface area contributed by atoms with Gasteiger partial charge >= 0.3 is 0 Å². The Labute approximate surface area is 167 Å². The van der Waals surface area contributed by atoms with Gasteiger partial charge in [0.15, 0.2) is 0 Å². The number of aromatic nitrogens is 2. The predicted molar refractivity (Wildman–Crippen MR) is 108 cm³/mol. The minimum Gasteiger partial charge on any atom is -0.481 e. The molecule has 29 heavy (non-hydrogen) atoms. The third-order valence-corrected chi connectivity index (χ3v) is 4.67. The number of benzene rings is 1. The summed E-state index contributed by atoms with van der Waals surface area (Å²) in [5.41, 5.74) is 5.77. The summed E-state index contributed by atoms with van der Waals surface area (Å²) in [6.07, 6.45) is 3.12. The van der Waals surface area contributed by atoms with Crippen molar-refractivity contribution < 1.29 is 9.53 Å². The van der Waals surface area contributed by atoms with Crippen LogP contribution in [0.2, 0.25) is 0 Å². The number of nitrogens with zero attached hydrogens (tertiary/aromatic N) is 4. The van der Waals surface area contributed by atoms with E-state index < -0.39 is 0 Å². The average molecular weight is 383 g/mol. The van der Waals surface area contributed by atoms with Crippen LogP contribution < -0.4 is 10.1 Å². The van der Waals surface area contributed by atoms with Crippen molar-refractivity contribution in [1.82, 2.24) is 9.97 Å². The Morgan fingerprint density at radius 1 is 1.17 bits per heavy atom. The second-order valence-corrected chi connectivity index (χ2v) is 6.58. The van der Waals surface area contributed by atoms with Gasteiger partial charge in [0.1, 0.15) is 11.8 Å². The Bertz CT molecular complexity index is 1180. The first-order chi connectivity index (χ1) is 14.1. The molecule has 1 aliphatic rings. The number of fused-ring (bicyclic) bond motifs is 1. The Morgan fingerprint density at radius 2 is 2.03 bits per heavy atom. The van der Waals surface area contributed by atoms with Crippen molar-refractivity contribution in [1.29, 1.82) is 5.26 Å². The lowest BCUT2D eigenvalue weighted by Crippen LogP contribution is -2.16. The second kappa shape index (κ2) is 7.52. The zero-order valence-corrected chi connectivity index (χ0v) is 15.9. The molecule has 0 radical (unpaired) electrons. The van der Waals surface area contributed by atoms with E-state index in [4.69, 9.17) is 10.00 Å². The predicted octanol–water partition coefficient (Wildman–Crippen LogP) is 3.27. The summed E-state index contributed by atoms with van der Waals surface area (Å²) in [5, 5.41) is 11.8. The number of nitrogens with one attached hydrogen (secondary N) is 1. The van der Waals surface area contributed by atoms with Gasteiger partial charge in [-0.15, -0.1) is 0 Å². The topological polar surface area (TPSA) is 100 Å². The highest BCUT2D eigenvalue weighted by atomic mass is 16.5. The van der Waals surface area contributed by atoms with Crippen LogP contribution in [0.1, 0.15) is 38.3 Å². The van der Waals surface area contributed by atoms with Gasteiger partial charge in [-0.2, -0.15) is 5.26 Å². The molecular formula is C22H17N5O2. The van der Waals surface area contributed by atoms with Crippen LogP contribution in [0, 0.1) is 18.3 Å². The van der Waals surface area contributed by atoms with Gasteiger partial charge in [-0.05, 0) is 42.3 Å². The molecule has 2 aromatic heterocycles. The third-order valence-electron chi connectivity index (χ3n) is 4.67. The van der Waals surface area contributed by atoms with Gasteiger partial charge in [0.05, 0.1) is 24.9 Å². The van der Waals surface area contributed by atoms with Crippen LogP contribution >= 0.6 is 0 Å². The normalized spacial score (nSPS) is 12.0. The van der Waals surface area contributed by atoms with Crippen molar-refractivity contribution in [3.05, 3.63) is 82.3 Å². The van der Waals surface area contributed by atoms with Crippen LogP contribution in [-0.2, 0) is 6.54 Å². The number of nitriles is 1. The van der Waals surface area contributed by atoms with Crippen molar-refractivity contribution >= 4 is 17.3 Å².